The Labute approximate surface area is 118 Å². The number of anilines is 1. The second kappa shape index (κ2) is 6.61. The maximum atomic E-state index is 11.7. The third kappa shape index (κ3) is 3.75. The van der Waals surface area contributed by atoms with E-state index in [-0.39, 0.29) is 12.7 Å². The minimum atomic E-state index is -0.426. The Morgan fingerprint density at radius 3 is 2.45 bits per heavy atom. The lowest BCUT2D eigenvalue weighted by molar-refractivity contribution is -0.151. The minimum Gasteiger partial charge on any atom is -0.480 e. The Morgan fingerprint density at radius 1 is 1.10 bits per heavy atom. The minimum absolute atomic E-state index is 0.161. The average molecular weight is 271 g/mol. The maximum Gasteiger partial charge on any atom is 0.344 e. The van der Waals surface area contributed by atoms with E-state index in [2.05, 4.69) is 0 Å². The Kier molecular flexibility index (Phi) is 4.60. The summed E-state index contributed by atoms with van der Waals surface area (Å²) in [6.45, 7) is 1.66. The van der Waals surface area contributed by atoms with Crippen molar-refractivity contribution in [2.24, 2.45) is 0 Å². The van der Waals surface area contributed by atoms with Gasteiger partial charge in [0.25, 0.3) is 0 Å². The number of nitrogens with two attached hydrogens (primary N) is 1. The molecular weight excluding hydrogens is 254 g/mol. The van der Waals surface area contributed by atoms with Crippen molar-refractivity contribution >= 4 is 11.7 Å². The van der Waals surface area contributed by atoms with Crippen LogP contribution in [0.15, 0.2) is 54.6 Å². The first-order chi connectivity index (χ1) is 9.66. The molecule has 0 amide bonds. The number of nitrogen functional groups attached to an aromatic ring is 1. The highest BCUT2D eigenvalue weighted by Gasteiger charge is 2.12. The third-order valence-electron chi connectivity index (χ3n) is 2.84. The van der Waals surface area contributed by atoms with Crippen LogP contribution in [0.5, 0.6) is 5.75 Å². The summed E-state index contributed by atoms with van der Waals surface area (Å²) >= 11 is 0. The molecule has 0 saturated heterocycles. The number of para-hydroxylation sites is 2. The Balaban J connectivity index is 1.86. The molecule has 1 unspecified atom stereocenters. The predicted molar refractivity (Wildman–Crippen MR) is 77.3 cm³/mol. The van der Waals surface area contributed by atoms with E-state index in [1.165, 1.54) is 0 Å². The molecule has 4 heteroatoms. The van der Waals surface area contributed by atoms with E-state index >= 15 is 0 Å². The Morgan fingerprint density at radius 2 is 1.75 bits per heavy atom. The summed E-state index contributed by atoms with van der Waals surface area (Å²) in [5.41, 5.74) is 7.16. The monoisotopic (exact) mass is 271 g/mol. The van der Waals surface area contributed by atoms with Crippen LogP contribution in [0.4, 0.5) is 5.69 Å². The normalized spacial score (nSPS) is 11.7. The highest BCUT2D eigenvalue weighted by molar-refractivity contribution is 5.71. The topological polar surface area (TPSA) is 61.5 Å². The molecule has 0 heterocycles. The van der Waals surface area contributed by atoms with Crippen LogP contribution in [0.25, 0.3) is 0 Å². The molecule has 4 nitrogen and oxygen atoms in total. The number of esters is 1. The molecule has 2 rings (SSSR count). The summed E-state index contributed by atoms with van der Waals surface area (Å²) in [4.78, 5) is 11.7. The van der Waals surface area contributed by atoms with E-state index in [0.29, 0.717) is 11.4 Å². The van der Waals surface area contributed by atoms with Crippen LogP contribution in [-0.4, -0.2) is 12.6 Å². The zero-order chi connectivity index (χ0) is 14.4. The Hall–Kier alpha value is -2.49. The van der Waals surface area contributed by atoms with Gasteiger partial charge in [0.05, 0.1) is 5.69 Å². The molecule has 0 aliphatic carbocycles. The number of carbonyl (C=O) groups excluding carboxylic acids is 1. The average Bonchev–Trinajstić information content (AvgIpc) is 2.47. The third-order valence-corrected chi connectivity index (χ3v) is 2.84. The molecule has 0 aliphatic heterocycles. The van der Waals surface area contributed by atoms with Gasteiger partial charge in [-0.1, -0.05) is 42.5 Å². The number of benzene rings is 2. The maximum absolute atomic E-state index is 11.7. The fourth-order valence-corrected chi connectivity index (χ4v) is 1.77. The zero-order valence-corrected chi connectivity index (χ0v) is 11.3. The second-order valence-corrected chi connectivity index (χ2v) is 4.37. The van der Waals surface area contributed by atoms with E-state index in [1.54, 1.807) is 24.3 Å². The molecule has 2 aromatic rings. The first kappa shape index (κ1) is 13.9. The van der Waals surface area contributed by atoms with Gasteiger partial charge in [-0.2, -0.15) is 0 Å². The van der Waals surface area contributed by atoms with Gasteiger partial charge in [-0.3, -0.25) is 0 Å². The van der Waals surface area contributed by atoms with Crippen LogP contribution < -0.4 is 10.5 Å². The molecule has 0 saturated carbocycles. The number of ether oxygens (including phenoxy) is 2. The summed E-state index contributed by atoms with van der Waals surface area (Å²) in [5.74, 6) is 0.0569. The first-order valence-corrected chi connectivity index (χ1v) is 6.38. The number of hydrogen-bond acceptors (Lipinski definition) is 4. The largest absolute Gasteiger partial charge is 0.480 e. The van der Waals surface area contributed by atoms with Gasteiger partial charge >= 0.3 is 5.97 Å². The van der Waals surface area contributed by atoms with Crippen molar-refractivity contribution in [3.05, 3.63) is 60.2 Å². The smallest absolute Gasteiger partial charge is 0.344 e. The van der Waals surface area contributed by atoms with E-state index in [1.807, 2.05) is 37.3 Å². The van der Waals surface area contributed by atoms with Gasteiger partial charge in [-0.25, -0.2) is 4.79 Å². The van der Waals surface area contributed by atoms with Crippen molar-refractivity contribution in [3.8, 4) is 5.75 Å². The fraction of sp³-hybridized carbons (Fsp3) is 0.188. The summed E-state index contributed by atoms with van der Waals surface area (Å²) in [6.07, 6.45) is -0.305. The molecule has 1 atom stereocenters. The molecular formula is C16H17NO3. The molecule has 0 spiro atoms. The molecule has 0 aliphatic rings. The van der Waals surface area contributed by atoms with Gasteiger partial charge in [0.15, 0.2) is 6.61 Å². The van der Waals surface area contributed by atoms with Gasteiger partial charge in [-0.15, -0.1) is 0 Å². The summed E-state index contributed by atoms with van der Waals surface area (Å²) < 4.78 is 10.6. The molecule has 2 N–H and O–H groups in total. The molecule has 104 valence electrons. The molecule has 0 aromatic heterocycles. The highest BCUT2D eigenvalue weighted by atomic mass is 16.6. The summed E-state index contributed by atoms with van der Waals surface area (Å²) in [5, 5.41) is 0. The lowest BCUT2D eigenvalue weighted by Gasteiger charge is -2.14. The van der Waals surface area contributed by atoms with Crippen molar-refractivity contribution < 1.29 is 14.3 Å². The lowest BCUT2D eigenvalue weighted by Crippen LogP contribution is -2.17. The van der Waals surface area contributed by atoms with Crippen molar-refractivity contribution in [1.29, 1.82) is 0 Å². The molecule has 0 fully saturated rings. The van der Waals surface area contributed by atoms with Crippen molar-refractivity contribution in [3.63, 3.8) is 0 Å². The molecule has 0 radical (unpaired) electrons. The number of carbonyl (C=O) groups is 1. The van der Waals surface area contributed by atoms with Crippen molar-refractivity contribution in [2.75, 3.05) is 12.3 Å². The van der Waals surface area contributed by atoms with Gasteiger partial charge in [0, 0.05) is 0 Å². The summed E-state index contributed by atoms with van der Waals surface area (Å²) in [6, 6.07) is 16.6. The molecule has 0 bridgehead atoms. The van der Waals surface area contributed by atoms with Crippen LogP contribution in [-0.2, 0) is 9.53 Å². The second-order valence-electron chi connectivity index (χ2n) is 4.37. The highest BCUT2D eigenvalue weighted by Crippen LogP contribution is 2.20. The lowest BCUT2D eigenvalue weighted by atomic mass is 10.1. The summed E-state index contributed by atoms with van der Waals surface area (Å²) in [7, 11) is 0. The molecule has 20 heavy (non-hydrogen) atoms. The van der Waals surface area contributed by atoms with Crippen molar-refractivity contribution in [2.45, 2.75) is 13.0 Å². The van der Waals surface area contributed by atoms with Crippen molar-refractivity contribution in [1.82, 2.24) is 0 Å². The SMILES string of the molecule is CC(OC(=O)COc1ccccc1N)c1ccccc1. The number of rotatable bonds is 5. The van der Waals surface area contributed by atoms with Crippen LogP contribution in [0.2, 0.25) is 0 Å². The fourth-order valence-electron chi connectivity index (χ4n) is 1.77. The van der Waals surface area contributed by atoms with E-state index in [9.17, 15) is 4.79 Å². The number of hydrogen-bond donors (Lipinski definition) is 1. The zero-order valence-electron chi connectivity index (χ0n) is 11.3. The Bertz CT molecular complexity index is 569. The van der Waals surface area contributed by atoms with Gasteiger partial charge in [0.2, 0.25) is 0 Å². The van der Waals surface area contributed by atoms with Crippen LogP contribution >= 0.6 is 0 Å². The van der Waals surface area contributed by atoms with Crippen LogP contribution in [0.3, 0.4) is 0 Å². The quantitative estimate of drug-likeness (QED) is 0.671. The van der Waals surface area contributed by atoms with Gasteiger partial charge in [-0.05, 0) is 24.6 Å². The molecule has 2 aromatic carbocycles. The van der Waals surface area contributed by atoms with E-state index < -0.39 is 5.97 Å². The first-order valence-electron chi connectivity index (χ1n) is 6.38. The van der Waals surface area contributed by atoms with Gasteiger partial charge < -0.3 is 15.2 Å². The standard InChI is InChI=1S/C16H17NO3/c1-12(13-7-3-2-4-8-13)20-16(18)11-19-15-10-6-5-9-14(15)17/h2-10,12H,11,17H2,1H3. The predicted octanol–water partition coefficient (Wildman–Crippen LogP) is 2.95. The van der Waals surface area contributed by atoms with E-state index in [0.717, 1.165) is 5.56 Å². The van der Waals surface area contributed by atoms with Crippen LogP contribution in [0.1, 0.15) is 18.6 Å². The van der Waals surface area contributed by atoms with Crippen LogP contribution in [0, 0.1) is 0 Å². The van der Waals surface area contributed by atoms with E-state index in [4.69, 9.17) is 15.2 Å². The van der Waals surface area contributed by atoms with Gasteiger partial charge in [0.1, 0.15) is 11.9 Å².